The van der Waals surface area contributed by atoms with E-state index >= 15 is 0 Å². The molecule has 1 fully saturated rings. The van der Waals surface area contributed by atoms with E-state index in [2.05, 4.69) is 39.1 Å². The van der Waals surface area contributed by atoms with E-state index in [9.17, 15) is 0 Å². The SMILES string of the molecule is C1=CC2CC1CC2CNc1ccccc1-n1cnnn1. The van der Waals surface area contributed by atoms with Crippen LogP contribution in [-0.4, -0.2) is 26.8 Å². The van der Waals surface area contributed by atoms with E-state index in [0.717, 1.165) is 35.7 Å². The molecule has 102 valence electrons. The first-order valence-corrected chi connectivity index (χ1v) is 7.15. The van der Waals surface area contributed by atoms with E-state index in [4.69, 9.17) is 0 Å². The minimum Gasteiger partial charge on any atom is -0.383 e. The smallest absolute Gasteiger partial charge is 0.143 e. The van der Waals surface area contributed by atoms with Gasteiger partial charge in [-0.2, -0.15) is 4.68 Å². The molecule has 1 saturated carbocycles. The third-order valence-electron chi connectivity index (χ3n) is 4.47. The van der Waals surface area contributed by atoms with Gasteiger partial charge >= 0.3 is 0 Å². The van der Waals surface area contributed by atoms with Crippen molar-refractivity contribution in [1.29, 1.82) is 0 Å². The van der Waals surface area contributed by atoms with E-state index in [1.807, 2.05) is 18.2 Å². The maximum Gasteiger partial charge on any atom is 0.143 e. The molecule has 2 aliphatic carbocycles. The highest BCUT2D eigenvalue weighted by atomic mass is 15.5. The molecule has 4 rings (SSSR count). The van der Waals surface area contributed by atoms with Gasteiger partial charge in [0.25, 0.3) is 0 Å². The number of nitrogens with one attached hydrogen (secondary N) is 1. The summed E-state index contributed by atoms with van der Waals surface area (Å²) in [6.45, 7) is 1.02. The van der Waals surface area contributed by atoms with Crippen molar-refractivity contribution in [2.75, 3.05) is 11.9 Å². The van der Waals surface area contributed by atoms with E-state index in [1.54, 1.807) is 11.0 Å². The van der Waals surface area contributed by atoms with Gasteiger partial charge in [0.2, 0.25) is 0 Å². The molecule has 20 heavy (non-hydrogen) atoms. The number of fused-ring (bicyclic) bond motifs is 2. The minimum atomic E-state index is 0.756. The van der Waals surface area contributed by atoms with Gasteiger partial charge in [-0.1, -0.05) is 24.3 Å². The van der Waals surface area contributed by atoms with Crippen LogP contribution in [0, 0.1) is 17.8 Å². The molecule has 2 bridgehead atoms. The van der Waals surface area contributed by atoms with Gasteiger partial charge in [-0.3, -0.25) is 0 Å². The quantitative estimate of drug-likeness (QED) is 0.863. The molecule has 5 heteroatoms. The first-order chi connectivity index (χ1) is 9.90. The number of hydrogen-bond acceptors (Lipinski definition) is 4. The van der Waals surface area contributed by atoms with Crippen LogP contribution in [0.25, 0.3) is 5.69 Å². The molecule has 0 saturated heterocycles. The van der Waals surface area contributed by atoms with Crippen LogP contribution in [-0.2, 0) is 0 Å². The summed E-state index contributed by atoms with van der Waals surface area (Å²) in [4.78, 5) is 0. The van der Waals surface area contributed by atoms with Crippen LogP contribution in [0.5, 0.6) is 0 Å². The molecule has 3 unspecified atom stereocenters. The zero-order valence-electron chi connectivity index (χ0n) is 11.2. The lowest BCUT2D eigenvalue weighted by atomic mass is 9.93. The molecule has 2 aromatic rings. The van der Waals surface area contributed by atoms with Crippen LogP contribution < -0.4 is 5.32 Å². The Kier molecular flexibility index (Phi) is 2.76. The largest absolute Gasteiger partial charge is 0.383 e. The fraction of sp³-hybridized carbons (Fsp3) is 0.400. The molecule has 2 aliphatic rings. The predicted molar refractivity (Wildman–Crippen MR) is 76.5 cm³/mol. The second-order valence-electron chi connectivity index (χ2n) is 5.69. The van der Waals surface area contributed by atoms with Crippen molar-refractivity contribution in [2.45, 2.75) is 12.8 Å². The van der Waals surface area contributed by atoms with Crippen LogP contribution in [0.3, 0.4) is 0 Å². The number of para-hydroxylation sites is 2. The van der Waals surface area contributed by atoms with Gasteiger partial charge in [-0.05, 0) is 53.2 Å². The number of allylic oxidation sites excluding steroid dienone is 2. The highest BCUT2D eigenvalue weighted by molar-refractivity contribution is 5.60. The number of hydrogen-bond donors (Lipinski definition) is 1. The summed E-state index contributed by atoms with van der Waals surface area (Å²) >= 11 is 0. The Balaban J connectivity index is 1.50. The Morgan fingerprint density at radius 2 is 2.15 bits per heavy atom. The van der Waals surface area contributed by atoms with E-state index in [-0.39, 0.29) is 0 Å². The molecule has 1 heterocycles. The molecule has 3 atom stereocenters. The Hall–Kier alpha value is -2.17. The van der Waals surface area contributed by atoms with Crippen molar-refractivity contribution in [3.05, 3.63) is 42.7 Å². The van der Waals surface area contributed by atoms with Crippen molar-refractivity contribution >= 4 is 5.69 Å². The molecule has 5 nitrogen and oxygen atoms in total. The Morgan fingerprint density at radius 1 is 1.20 bits per heavy atom. The maximum absolute atomic E-state index is 3.97. The summed E-state index contributed by atoms with van der Waals surface area (Å²) in [7, 11) is 0. The standard InChI is InChI=1S/C15H17N5/c1-2-4-15(20-10-17-18-19-20)14(3-1)16-9-13-8-11-5-6-12(13)7-11/h1-6,10-13,16H,7-9H2. The lowest BCUT2D eigenvalue weighted by Gasteiger charge is -2.20. The molecule has 0 amide bonds. The monoisotopic (exact) mass is 267 g/mol. The molecule has 0 radical (unpaired) electrons. The van der Waals surface area contributed by atoms with Crippen LogP contribution in [0.4, 0.5) is 5.69 Å². The first-order valence-electron chi connectivity index (χ1n) is 7.15. The molecule has 0 spiro atoms. The summed E-state index contributed by atoms with van der Waals surface area (Å²) < 4.78 is 1.70. The van der Waals surface area contributed by atoms with Crippen LogP contribution in [0.15, 0.2) is 42.7 Å². The third kappa shape index (κ3) is 1.99. The fourth-order valence-electron chi connectivity index (χ4n) is 3.46. The number of nitrogens with zero attached hydrogens (tertiary/aromatic N) is 4. The Bertz CT molecular complexity index is 619. The zero-order valence-corrected chi connectivity index (χ0v) is 11.2. The summed E-state index contributed by atoms with van der Waals surface area (Å²) in [5.74, 6) is 2.35. The van der Waals surface area contributed by atoms with Crippen molar-refractivity contribution in [2.24, 2.45) is 17.8 Å². The van der Waals surface area contributed by atoms with Crippen LogP contribution in [0.2, 0.25) is 0 Å². The van der Waals surface area contributed by atoms with Crippen molar-refractivity contribution in [3.8, 4) is 5.69 Å². The van der Waals surface area contributed by atoms with Gasteiger partial charge in [0.05, 0.1) is 11.4 Å². The average Bonchev–Trinajstić information content (AvgIpc) is 3.22. The first kappa shape index (κ1) is 11.6. The lowest BCUT2D eigenvalue weighted by Crippen LogP contribution is -2.19. The number of tetrazole rings is 1. The van der Waals surface area contributed by atoms with Crippen LogP contribution in [0.1, 0.15) is 12.8 Å². The molecule has 1 aromatic carbocycles. The summed E-state index contributed by atoms with van der Waals surface area (Å²) in [6.07, 6.45) is 9.08. The average molecular weight is 267 g/mol. The summed E-state index contributed by atoms with van der Waals surface area (Å²) in [5.41, 5.74) is 2.09. The normalized spacial score (nSPS) is 27.1. The highest BCUT2D eigenvalue weighted by Crippen LogP contribution is 2.43. The van der Waals surface area contributed by atoms with Crippen LogP contribution >= 0.6 is 0 Å². The second-order valence-corrected chi connectivity index (χ2v) is 5.69. The van der Waals surface area contributed by atoms with Gasteiger partial charge < -0.3 is 5.32 Å². The predicted octanol–water partition coefficient (Wildman–Crippen LogP) is 2.29. The van der Waals surface area contributed by atoms with Gasteiger partial charge in [0, 0.05) is 6.54 Å². The molecule has 1 aromatic heterocycles. The van der Waals surface area contributed by atoms with Crippen molar-refractivity contribution in [1.82, 2.24) is 20.2 Å². The van der Waals surface area contributed by atoms with Gasteiger partial charge in [0.1, 0.15) is 6.33 Å². The number of rotatable bonds is 4. The number of benzene rings is 1. The van der Waals surface area contributed by atoms with E-state index < -0.39 is 0 Å². The summed E-state index contributed by atoms with van der Waals surface area (Å²) in [5, 5.41) is 15.0. The topological polar surface area (TPSA) is 55.6 Å². The Morgan fingerprint density at radius 3 is 2.90 bits per heavy atom. The molecule has 1 N–H and O–H groups in total. The number of aromatic nitrogens is 4. The Labute approximate surface area is 117 Å². The van der Waals surface area contributed by atoms with Crippen molar-refractivity contribution < 1.29 is 0 Å². The minimum absolute atomic E-state index is 0.756. The van der Waals surface area contributed by atoms with Crippen molar-refractivity contribution in [3.63, 3.8) is 0 Å². The molecular formula is C15H17N5. The third-order valence-corrected chi connectivity index (χ3v) is 4.47. The summed E-state index contributed by atoms with van der Waals surface area (Å²) in [6, 6.07) is 8.15. The van der Waals surface area contributed by atoms with Gasteiger partial charge in [-0.15, -0.1) is 5.10 Å². The molecular weight excluding hydrogens is 250 g/mol. The highest BCUT2D eigenvalue weighted by Gasteiger charge is 2.35. The second kappa shape index (κ2) is 4.74. The van der Waals surface area contributed by atoms with E-state index in [1.165, 1.54) is 12.8 Å². The van der Waals surface area contributed by atoms with E-state index in [0.29, 0.717) is 0 Å². The maximum atomic E-state index is 3.97. The molecule has 0 aliphatic heterocycles. The van der Waals surface area contributed by atoms with Gasteiger partial charge in [-0.25, -0.2) is 0 Å². The lowest BCUT2D eigenvalue weighted by molar-refractivity contribution is 0.472. The fourth-order valence-corrected chi connectivity index (χ4v) is 3.46. The van der Waals surface area contributed by atoms with Gasteiger partial charge in [0.15, 0.2) is 0 Å². The zero-order chi connectivity index (χ0) is 13.4. The number of anilines is 1.